The Bertz CT molecular complexity index is 707. The standard InChI is InChI=1S/C11H12FN3O2S/c1-6-3-8(12)7(4-10(6)18(2,16)17)9-5-11(13)15-14-9/h3-5H,1-2H3,(H3,13,14,15). The summed E-state index contributed by atoms with van der Waals surface area (Å²) in [7, 11) is -3.41. The van der Waals surface area contributed by atoms with Gasteiger partial charge in [0, 0.05) is 17.9 Å². The monoisotopic (exact) mass is 269 g/mol. The van der Waals surface area contributed by atoms with Crippen LogP contribution in [0.4, 0.5) is 10.2 Å². The second-order valence-electron chi connectivity index (χ2n) is 4.08. The van der Waals surface area contributed by atoms with E-state index in [-0.39, 0.29) is 16.3 Å². The zero-order valence-electron chi connectivity index (χ0n) is 9.86. The van der Waals surface area contributed by atoms with Crippen LogP contribution in [0.25, 0.3) is 11.3 Å². The third-order valence-electron chi connectivity index (χ3n) is 2.55. The van der Waals surface area contributed by atoms with E-state index in [1.807, 2.05) is 0 Å². The molecule has 0 aliphatic rings. The van der Waals surface area contributed by atoms with Gasteiger partial charge in [-0.25, -0.2) is 12.8 Å². The van der Waals surface area contributed by atoms with Gasteiger partial charge in [-0.2, -0.15) is 5.10 Å². The van der Waals surface area contributed by atoms with Gasteiger partial charge < -0.3 is 5.73 Å². The Balaban J connectivity index is 2.70. The van der Waals surface area contributed by atoms with Crippen LogP contribution >= 0.6 is 0 Å². The number of halogens is 1. The maximum absolute atomic E-state index is 13.8. The van der Waals surface area contributed by atoms with Crippen molar-refractivity contribution in [2.24, 2.45) is 0 Å². The summed E-state index contributed by atoms with van der Waals surface area (Å²) in [5, 5.41) is 6.24. The first-order valence-corrected chi connectivity index (χ1v) is 6.99. The molecule has 1 aromatic carbocycles. The Labute approximate surface area is 104 Å². The van der Waals surface area contributed by atoms with Crippen LogP contribution in [0.2, 0.25) is 0 Å². The highest BCUT2D eigenvalue weighted by Gasteiger charge is 2.17. The van der Waals surface area contributed by atoms with Crippen LogP contribution in [0.15, 0.2) is 23.1 Å². The molecular formula is C11H12FN3O2S. The SMILES string of the molecule is Cc1cc(F)c(-c2cc(N)n[nH]2)cc1S(C)(=O)=O. The van der Waals surface area contributed by atoms with Gasteiger partial charge >= 0.3 is 0 Å². The van der Waals surface area contributed by atoms with E-state index in [1.165, 1.54) is 18.2 Å². The van der Waals surface area contributed by atoms with E-state index in [4.69, 9.17) is 5.73 Å². The van der Waals surface area contributed by atoms with Gasteiger partial charge in [-0.1, -0.05) is 0 Å². The third kappa shape index (κ3) is 2.21. The molecule has 0 fully saturated rings. The summed E-state index contributed by atoms with van der Waals surface area (Å²) in [6, 6.07) is 3.91. The average Bonchev–Trinajstić information content (AvgIpc) is 2.62. The van der Waals surface area contributed by atoms with E-state index < -0.39 is 15.7 Å². The molecule has 2 rings (SSSR count). The minimum absolute atomic E-state index is 0.0899. The number of hydrogen-bond donors (Lipinski definition) is 2. The summed E-state index contributed by atoms with van der Waals surface area (Å²) in [6.07, 6.45) is 1.08. The molecule has 0 aliphatic carbocycles. The Morgan fingerprint density at radius 2 is 2.00 bits per heavy atom. The van der Waals surface area contributed by atoms with Crippen LogP contribution in [0, 0.1) is 12.7 Å². The molecule has 7 heteroatoms. The second kappa shape index (κ2) is 4.09. The minimum Gasteiger partial charge on any atom is -0.382 e. The van der Waals surface area contributed by atoms with Crippen molar-refractivity contribution in [1.82, 2.24) is 10.2 Å². The Hall–Kier alpha value is -1.89. The average molecular weight is 269 g/mol. The van der Waals surface area contributed by atoms with E-state index in [2.05, 4.69) is 10.2 Å². The quantitative estimate of drug-likeness (QED) is 0.809. The first kappa shape index (κ1) is 12.6. The van der Waals surface area contributed by atoms with Crippen LogP contribution in [-0.4, -0.2) is 24.9 Å². The zero-order valence-corrected chi connectivity index (χ0v) is 10.7. The van der Waals surface area contributed by atoms with Gasteiger partial charge in [0.05, 0.1) is 10.6 Å². The fourth-order valence-corrected chi connectivity index (χ4v) is 2.71. The summed E-state index contributed by atoms with van der Waals surface area (Å²) in [4.78, 5) is 0.0899. The largest absolute Gasteiger partial charge is 0.382 e. The molecule has 1 aromatic heterocycles. The van der Waals surface area contributed by atoms with Crippen LogP contribution in [0.3, 0.4) is 0 Å². The molecule has 18 heavy (non-hydrogen) atoms. The van der Waals surface area contributed by atoms with Crippen molar-refractivity contribution in [2.75, 3.05) is 12.0 Å². The van der Waals surface area contributed by atoms with Gasteiger partial charge in [0.15, 0.2) is 9.84 Å². The van der Waals surface area contributed by atoms with E-state index in [0.29, 0.717) is 11.3 Å². The number of aromatic amines is 1. The zero-order chi connectivity index (χ0) is 13.5. The Morgan fingerprint density at radius 3 is 2.50 bits per heavy atom. The normalized spacial score (nSPS) is 11.7. The smallest absolute Gasteiger partial charge is 0.175 e. The lowest BCUT2D eigenvalue weighted by molar-refractivity contribution is 0.599. The van der Waals surface area contributed by atoms with Crippen molar-refractivity contribution in [3.63, 3.8) is 0 Å². The van der Waals surface area contributed by atoms with Crippen molar-refractivity contribution in [1.29, 1.82) is 0 Å². The number of hydrogen-bond acceptors (Lipinski definition) is 4. The number of nitrogens with two attached hydrogens (primary N) is 1. The van der Waals surface area contributed by atoms with Crippen molar-refractivity contribution >= 4 is 15.7 Å². The second-order valence-corrected chi connectivity index (χ2v) is 6.06. The summed E-state index contributed by atoms with van der Waals surface area (Å²) < 4.78 is 37.0. The maximum Gasteiger partial charge on any atom is 0.175 e. The Kier molecular flexibility index (Phi) is 2.86. The maximum atomic E-state index is 13.8. The summed E-state index contributed by atoms with van der Waals surface area (Å²) in [6.45, 7) is 1.55. The first-order chi connectivity index (χ1) is 8.29. The lowest BCUT2D eigenvalue weighted by atomic mass is 10.1. The summed E-state index contributed by atoms with van der Waals surface area (Å²) in [5.41, 5.74) is 6.28. The predicted molar refractivity (Wildman–Crippen MR) is 66.2 cm³/mol. The molecule has 5 nitrogen and oxygen atoms in total. The topological polar surface area (TPSA) is 88.8 Å². The van der Waals surface area contributed by atoms with Crippen molar-refractivity contribution in [3.8, 4) is 11.3 Å². The molecular weight excluding hydrogens is 257 g/mol. The van der Waals surface area contributed by atoms with Gasteiger partial charge in [-0.05, 0) is 24.6 Å². The summed E-state index contributed by atoms with van der Waals surface area (Å²) in [5.74, 6) is -0.311. The van der Waals surface area contributed by atoms with E-state index in [0.717, 1.165) is 6.26 Å². The van der Waals surface area contributed by atoms with Crippen LogP contribution in [-0.2, 0) is 9.84 Å². The molecule has 0 bridgehead atoms. The lowest BCUT2D eigenvalue weighted by Gasteiger charge is -2.07. The van der Waals surface area contributed by atoms with Gasteiger partial charge in [0.1, 0.15) is 11.6 Å². The van der Waals surface area contributed by atoms with Crippen LogP contribution in [0.1, 0.15) is 5.56 Å². The number of nitrogen functional groups attached to an aromatic ring is 1. The molecule has 0 spiro atoms. The molecule has 0 aliphatic heterocycles. The highest BCUT2D eigenvalue weighted by molar-refractivity contribution is 7.90. The Morgan fingerprint density at radius 1 is 1.33 bits per heavy atom. The number of aryl methyl sites for hydroxylation is 1. The number of anilines is 1. The molecule has 3 N–H and O–H groups in total. The van der Waals surface area contributed by atoms with E-state index in [9.17, 15) is 12.8 Å². The fraction of sp³-hybridized carbons (Fsp3) is 0.182. The van der Waals surface area contributed by atoms with Gasteiger partial charge in [0.2, 0.25) is 0 Å². The van der Waals surface area contributed by atoms with Gasteiger partial charge in [0.25, 0.3) is 0 Å². The lowest BCUT2D eigenvalue weighted by Crippen LogP contribution is -2.02. The highest BCUT2D eigenvalue weighted by Crippen LogP contribution is 2.27. The van der Waals surface area contributed by atoms with E-state index >= 15 is 0 Å². The molecule has 0 unspecified atom stereocenters. The number of nitrogens with zero attached hydrogens (tertiary/aromatic N) is 1. The number of aromatic nitrogens is 2. The number of sulfone groups is 1. The van der Waals surface area contributed by atoms with Gasteiger partial charge in [-0.3, -0.25) is 5.10 Å². The molecule has 96 valence electrons. The van der Waals surface area contributed by atoms with Crippen LogP contribution < -0.4 is 5.73 Å². The molecule has 0 atom stereocenters. The fourth-order valence-electron chi connectivity index (χ4n) is 1.73. The molecule has 0 saturated heterocycles. The first-order valence-electron chi connectivity index (χ1n) is 5.10. The molecule has 0 radical (unpaired) electrons. The van der Waals surface area contributed by atoms with Crippen LogP contribution in [0.5, 0.6) is 0 Å². The third-order valence-corrected chi connectivity index (χ3v) is 3.79. The summed E-state index contributed by atoms with van der Waals surface area (Å²) >= 11 is 0. The highest BCUT2D eigenvalue weighted by atomic mass is 32.2. The molecule has 1 heterocycles. The number of rotatable bonds is 2. The van der Waals surface area contributed by atoms with Crippen molar-refractivity contribution in [3.05, 3.63) is 29.6 Å². The molecule has 0 amide bonds. The molecule has 2 aromatic rings. The van der Waals surface area contributed by atoms with Crippen molar-refractivity contribution < 1.29 is 12.8 Å². The van der Waals surface area contributed by atoms with Crippen molar-refractivity contribution in [2.45, 2.75) is 11.8 Å². The molecule has 0 saturated carbocycles. The minimum atomic E-state index is -3.41. The number of nitrogens with one attached hydrogen (secondary N) is 1. The number of benzene rings is 1. The van der Waals surface area contributed by atoms with E-state index in [1.54, 1.807) is 6.92 Å². The van der Waals surface area contributed by atoms with Gasteiger partial charge in [-0.15, -0.1) is 0 Å². The predicted octanol–water partition coefficient (Wildman–Crippen LogP) is 1.51. The number of H-pyrrole nitrogens is 1.